The van der Waals surface area contributed by atoms with Crippen molar-refractivity contribution in [1.29, 1.82) is 5.26 Å². The normalized spacial score (nSPS) is 36.0. The summed E-state index contributed by atoms with van der Waals surface area (Å²) in [5.41, 5.74) is -0.275. The van der Waals surface area contributed by atoms with E-state index in [1.165, 1.54) is 38.8 Å². The van der Waals surface area contributed by atoms with Crippen molar-refractivity contribution in [2.75, 3.05) is 33.7 Å². The van der Waals surface area contributed by atoms with Crippen LogP contribution in [0.4, 0.5) is 0 Å². The number of likely N-dealkylation sites (tertiary alicyclic amines) is 1. The van der Waals surface area contributed by atoms with E-state index in [1.54, 1.807) is 0 Å². The summed E-state index contributed by atoms with van der Waals surface area (Å²) >= 11 is 0. The average molecular weight is 278 g/mol. The van der Waals surface area contributed by atoms with Gasteiger partial charge in [0.25, 0.3) is 0 Å². The van der Waals surface area contributed by atoms with E-state index in [1.807, 2.05) is 0 Å². The van der Waals surface area contributed by atoms with Crippen LogP contribution >= 0.6 is 0 Å². The molecular weight excluding hydrogens is 248 g/mol. The summed E-state index contributed by atoms with van der Waals surface area (Å²) in [5, 5.41) is 13.0. The average Bonchev–Trinajstić information content (AvgIpc) is 2.48. The van der Waals surface area contributed by atoms with E-state index in [9.17, 15) is 5.26 Å². The van der Waals surface area contributed by atoms with Crippen LogP contribution in [0.1, 0.15) is 45.4 Å². The lowest BCUT2D eigenvalue weighted by molar-refractivity contribution is 0.0623. The summed E-state index contributed by atoms with van der Waals surface area (Å²) in [6.45, 7) is 5.38. The Kier molecular flexibility index (Phi) is 5.42. The van der Waals surface area contributed by atoms with Crippen molar-refractivity contribution in [2.24, 2.45) is 0 Å². The number of nitriles is 1. The number of nitrogens with zero attached hydrogens (tertiary/aromatic N) is 3. The molecular formula is C16H30N4. The Morgan fingerprint density at radius 2 is 2.15 bits per heavy atom. The van der Waals surface area contributed by atoms with Gasteiger partial charge < -0.3 is 4.90 Å². The Bertz CT molecular complexity index is 345. The molecule has 1 aliphatic heterocycles. The molecule has 3 unspecified atom stereocenters. The lowest BCUT2D eigenvalue weighted by Gasteiger charge is -2.45. The topological polar surface area (TPSA) is 42.3 Å². The fourth-order valence-corrected chi connectivity index (χ4v) is 3.93. The van der Waals surface area contributed by atoms with Crippen LogP contribution in [0.5, 0.6) is 0 Å². The Morgan fingerprint density at radius 1 is 1.35 bits per heavy atom. The Morgan fingerprint density at radius 3 is 2.80 bits per heavy atom. The maximum atomic E-state index is 9.59. The molecule has 114 valence electrons. The van der Waals surface area contributed by atoms with Gasteiger partial charge in [-0.2, -0.15) is 5.26 Å². The lowest BCUT2D eigenvalue weighted by atomic mass is 9.78. The molecule has 0 aromatic heterocycles. The molecule has 1 N–H and O–H groups in total. The maximum absolute atomic E-state index is 9.59. The SMILES string of the molecule is CCNC1(C#N)CCCC(N2CCCC(N(C)C)C2)C1. The zero-order valence-electron chi connectivity index (χ0n) is 13.4. The van der Waals surface area contributed by atoms with E-state index in [4.69, 9.17) is 0 Å². The molecule has 4 heteroatoms. The predicted octanol–water partition coefficient (Wildman–Crippen LogP) is 1.83. The van der Waals surface area contributed by atoms with Crippen molar-refractivity contribution in [2.45, 2.75) is 63.1 Å². The predicted molar refractivity (Wildman–Crippen MR) is 82.6 cm³/mol. The highest BCUT2D eigenvalue weighted by molar-refractivity contribution is 5.11. The van der Waals surface area contributed by atoms with Gasteiger partial charge >= 0.3 is 0 Å². The van der Waals surface area contributed by atoms with Crippen LogP contribution < -0.4 is 5.32 Å². The highest BCUT2D eigenvalue weighted by Crippen LogP contribution is 2.32. The van der Waals surface area contributed by atoms with Crippen LogP contribution in [0.25, 0.3) is 0 Å². The van der Waals surface area contributed by atoms with Crippen LogP contribution in [-0.4, -0.2) is 61.2 Å². The standard InChI is InChI=1S/C16H30N4/c1-4-18-16(13-17)9-5-7-14(11-16)20-10-6-8-15(12-20)19(2)3/h14-15,18H,4-12H2,1-3H3. The van der Waals surface area contributed by atoms with E-state index >= 15 is 0 Å². The van der Waals surface area contributed by atoms with Gasteiger partial charge in [-0.15, -0.1) is 0 Å². The molecule has 2 aliphatic rings. The number of rotatable bonds is 4. The molecule has 2 rings (SSSR count). The van der Waals surface area contributed by atoms with Crippen molar-refractivity contribution in [3.8, 4) is 6.07 Å². The second kappa shape index (κ2) is 6.89. The van der Waals surface area contributed by atoms with Gasteiger partial charge in [0.2, 0.25) is 0 Å². The molecule has 0 aromatic rings. The van der Waals surface area contributed by atoms with Crippen LogP contribution in [0.15, 0.2) is 0 Å². The van der Waals surface area contributed by atoms with Crippen LogP contribution in [0.3, 0.4) is 0 Å². The summed E-state index contributed by atoms with van der Waals surface area (Å²) in [6.07, 6.45) is 7.05. The summed E-state index contributed by atoms with van der Waals surface area (Å²) in [7, 11) is 4.38. The van der Waals surface area contributed by atoms with Gasteiger partial charge in [-0.05, 0) is 65.7 Å². The van der Waals surface area contributed by atoms with Gasteiger partial charge in [-0.3, -0.25) is 10.2 Å². The highest BCUT2D eigenvalue weighted by Gasteiger charge is 2.39. The third kappa shape index (κ3) is 3.52. The van der Waals surface area contributed by atoms with Crippen molar-refractivity contribution in [3.05, 3.63) is 0 Å². The molecule has 0 amide bonds. The van der Waals surface area contributed by atoms with E-state index in [2.05, 4.69) is 42.2 Å². The van der Waals surface area contributed by atoms with Crippen molar-refractivity contribution >= 4 is 0 Å². The first-order valence-electron chi connectivity index (χ1n) is 8.17. The van der Waals surface area contributed by atoms with Crippen molar-refractivity contribution in [3.63, 3.8) is 0 Å². The molecule has 1 saturated heterocycles. The number of hydrogen-bond acceptors (Lipinski definition) is 4. The van der Waals surface area contributed by atoms with Gasteiger partial charge in [-0.1, -0.05) is 6.92 Å². The van der Waals surface area contributed by atoms with Gasteiger partial charge in [0.1, 0.15) is 5.54 Å². The molecule has 2 fully saturated rings. The summed E-state index contributed by atoms with van der Waals surface area (Å²) in [6, 6.07) is 3.84. The third-order valence-corrected chi connectivity index (χ3v) is 5.13. The Hall–Kier alpha value is -0.630. The molecule has 0 bridgehead atoms. The molecule has 3 atom stereocenters. The number of nitrogens with one attached hydrogen (secondary N) is 1. The zero-order valence-corrected chi connectivity index (χ0v) is 13.4. The second-order valence-electron chi connectivity index (χ2n) is 6.73. The van der Waals surface area contributed by atoms with Gasteiger partial charge in [-0.25, -0.2) is 0 Å². The molecule has 1 aliphatic carbocycles. The van der Waals surface area contributed by atoms with E-state index in [0.717, 1.165) is 19.4 Å². The minimum Gasteiger partial charge on any atom is -0.305 e. The summed E-state index contributed by atoms with van der Waals surface area (Å²) in [5.74, 6) is 0. The molecule has 1 heterocycles. The monoisotopic (exact) mass is 278 g/mol. The summed E-state index contributed by atoms with van der Waals surface area (Å²) in [4.78, 5) is 5.01. The van der Waals surface area contributed by atoms with Gasteiger partial charge in [0, 0.05) is 18.6 Å². The first kappa shape index (κ1) is 15.8. The zero-order chi connectivity index (χ0) is 14.6. The second-order valence-corrected chi connectivity index (χ2v) is 6.73. The smallest absolute Gasteiger partial charge is 0.108 e. The third-order valence-electron chi connectivity index (χ3n) is 5.13. The molecule has 4 nitrogen and oxygen atoms in total. The molecule has 0 aromatic carbocycles. The van der Waals surface area contributed by atoms with Crippen LogP contribution in [-0.2, 0) is 0 Å². The van der Waals surface area contributed by atoms with Gasteiger partial charge in [0.15, 0.2) is 0 Å². The number of hydrogen-bond donors (Lipinski definition) is 1. The van der Waals surface area contributed by atoms with E-state index in [-0.39, 0.29) is 5.54 Å². The first-order chi connectivity index (χ1) is 9.60. The largest absolute Gasteiger partial charge is 0.305 e. The van der Waals surface area contributed by atoms with Gasteiger partial charge in [0.05, 0.1) is 6.07 Å². The van der Waals surface area contributed by atoms with Crippen LogP contribution in [0, 0.1) is 11.3 Å². The van der Waals surface area contributed by atoms with Crippen LogP contribution in [0.2, 0.25) is 0 Å². The lowest BCUT2D eigenvalue weighted by Crippen LogP contribution is -2.56. The maximum Gasteiger partial charge on any atom is 0.108 e. The molecule has 1 saturated carbocycles. The minimum absolute atomic E-state index is 0.275. The Balaban J connectivity index is 1.99. The number of likely N-dealkylation sites (N-methyl/N-ethyl adjacent to an activating group) is 1. The fourth-order valence-electron chi connectivity index (χ4n) is 3.93. The van der Waals surface area contributed by atoms with Crippen molar-refractivity contribution < 1.29 is 0 Å². The quantitative estimate of drug-likeness (QED) is 0.852. The minimum atomic E-state index is -0.275. The van der Waals surface area contributed by atoms with Crippen molar-refractivity contribution in [1.82, 2.24) is 15.1 Å². The first-order valence-corrected chi connectivity index (χ1v) is 8.17. The number of piperidine rings is 1. The van der Waals surface area contributed by atoms with E-state index < -0.39 is 0 Å². The molecule has 0 spiro atoms. The molecule has 20 heavy (non-hydrogen) atoms. The fraction of sp³-hybridized carbons (Fsp3) is 0.938. The highest BCUT2D eigenvalue weighted by atomic mass is 15.2. The Labute approximate surface area is 124 Å². The summed E-state index contributed by atoms with van der Waals surface area (Å²) < 4.78 is 0. The van der Waals surface area contributed by atoms with E-state index in [0.29, 0.717) is 12.1 Å². The molecule has 0 radical (unpaired) electrons.